The molecule has 0 aliphatic heterocycles. The SMILES string of the molecule is CC(=O)N(C)CC(=O)NC1CCCC1(C)C(=O)O. The predicted molar refractivity (Wildman–Crippen MR) is 64.8 cm³/mol. The third-order valence-electron chi connectivity index (χ3n) is 3.70. The summed E-state index contributed by atoms with van der Waals surface area (Å²) in [7, 11) is 1.53. The first-order valence-corrected chi connectivity index (χ1v) is 6.02. The normalized spacial score (nSPS) is 26.7. The van der Waals surface area contributed by atoms with Gasteiger partial charge in [-0.25, -0.2) is 0 Å². The fraction of sp³-hybridized carbons (Fsp3) is 0.750. The van der Waals surface area contributed by atoms with Crippen molar-refractivity contribution in [2.24, 2.45) is 5.41 Å². The standard InChI is InChI=1S/C12H20N2O4/c1-8(15)14(3)7-10(16)13-9-5-4-6-12(9,2)11(17)18/h9H,4-7H2,1-3H3,(H,13,16)(H,17,18). The van der Waals surface area contributed by atoms with E-state index in [1.807, 2.05) is 0 Å². The summed E-state index contributed by atoms with van der Waals surface area (Å²) in [5.41, 5.74) is -0.898. The summed E-state index contributed by atoms with van der Waals surface area (Å²) in [5, 5.41) is 11.9. The number of carbonyl (C=O) groups excluding carboxylic acids is 2. The molecule has 0 aromatic carbocycles. The van der Waals surface area contributed by atoms with Crippen molar-refractivity contribution in [2.45, 2.75) is 39.2 Å². The molecule has 0 saturated heterocycles. The van der Waals surface area contributed by atoms with Crippen molar-refractivity contribution in [3.05, 3.63) is 0 Å². The fourth-order valence-electron chi connectivity index (χ4n) is 2.22. The second kappa shape index (κ2) is 5.37. The molecule has 0 aromatic rings. The van der Waals surface area contributed by atoms with Crippen LogP contribution in [0.5, 0.6) is 0 Å². The van der Waals surface area contributed by atoms with Crippen molar-refractivity contribution in [3.63, 3.8) is 0 Å². The van der Waals surface area contributed by atoms with Crippen LogP contribution in [0.1, 0.15) is 33.1 Å². The zero-order valence-electron chi connectivity index (χ0n) is 11.0. The number of amides is 2. The molecule has 102 valence electrons. The largest absolute Gasteiger partial charge is 0.481 e. The maximum Gasteiger partial charge on any atom is 0.311 e. The Kier molecular flexibility index (Phi) is 4.32. The average Bonchev–Trinajstić information content (AvgIpc) is 2.61. The van der Waals surface area contributed by atoms with Crippen molar-refractivity contribution in [2.75, 3.05) is 13.6 Å². The van der Waals surface area contributed by atoms with E-state index in [2.05, 4.69) is 5.32 Å². The Balaban J connectivity index is 2.59. The maximum absolute atomic E-state index is 11.7. The first-order chi connectivity index (χ1) is 8.27. The second-order valence-electron chi connectivity index (χ2n) is 5.11. The molecule has 2 amide bonds. The Morgan fingerprint density at radius 3 is 2.56 bits per heavy atom. The molecule has 0 radical (unpaired) electrons. The summed E-state index contributed by atoms with van der Waals surface area (Å²) in [5.74, 6) is -1.39. The zero-order valence-corrected chi connectivity index (χ0v) is 11.0. The van der Waals surface area contributed by atoms with Crippen LogP contribution in [0.2, 0.25) is 0 Å². The van der Waals surface area contributed by atoms with Gasteiger partial charge in [0.25, 0.3) is 0 Å². The molecular formula is C12H20N2O4. The van der Waals surface area contributed by atoms with E-state index >= 15 is 0 Å². The molecule has 6 nitrogen and oxygen atoms in total. The average molecular weight is 256 g/mol. The summed E-state index contributed by atoms with van der Waals surface area (Å²) in [6.45, 7) is 2.99. The lowest BCUT2D eigenvalue weighted by Gasteiger charge is -2.28. The summed E-state index contributed by atoms with van der Waals surface area (Å²) < 4.78 is 0. The van der Waals surface area contributed by atoms with Gasteiger partial charge in [0.2, 0.25) is 11.8 Å². The molecule has 2 atom stereocenters. The van der Waals surface area contributed by atoms with Crippen LogP contribution in [-0.4, -0.2) is 47.4 Å². The van der Waals surface area contributed by atoms with E-state index in [1.165, 1.54) is 18.9 Å². The highest BCUT2D eigenvalue weighted by atomic mass is 16.4. The topological polar surface area (TPSA) is 86.7 Å². The zero-order chi connectivity index (χ0) is 13.9. The molecule has 1 aliphatic carbocycles. The molecule has 2 unspecified atom stereocenters. The lowest BCUT2D eigenvalue weighted by atomic mass is 9.85. The summed E-state index contributed by atoms with van der Waals surface area (Å²) in [4.78, 5) is 35.3. The third-order valence-corrected chi connectivity index (χ3v) is 3.70. The van der Waals surface area contributed by atoms with E-state index in [9.17, 15) is 19.5 Å². The van der Waals surface area contributed by atoms with Crippen LogP contribution in [0, 0.1) is 5.41 Å². The number of hydrogen-bond acceptors (Lipinski definition) is 3. The molecule has 0 spiro atoms. The van der Waals surface area contributed by atoms with Crippen LogP contribution in [-0.2, 0) is 14.4 Å². The first-order valence-electron chi connectivity index (χ1n) is 6.02. The van der Waals surface area contributed by atoms with Crippen molar-refractivity contribution in [1.29, 1.82) is 0 Å². The van der Waals surface area contributed by atoms with Gasteiger partial charge in [-0.15, -0.1) is 0 Å². The minimum absolute atomic E-state index is 0.0401. The summed E-state index contributed by atoms with van der Waals surface area (Å²) in [6.07, 6.45) is 2.02. The third kappa shape index (κ3) is 3.00. The first kappa shape index (κ1) is 14.5. The highest BCUT2D eigenvalue weighted by Gasteiger charge is 2.45. The number of nitrogens with one attached hydrogen (secondary N) is 1. The summed E-state index contributed by atoms with van der Waals surface area (Å²) in [6, 6.07) is -0.358. The number of aliphatic carboxylic acids is 1. The van der Waals surface area contributed by atoms with E-state index < -0.39 is 11.4 Å². The van der Waals surface area contributed by atoms with Gasteiger partial charge in [0.05, 0.1) is 12.0 Å². The van der Waals surface area contributed by atoms with Gasteiger partial charge in [0.15, 0.2) is 0 Å². The number of carboxylic acids is 1. The van der Waals surface area contributed by atoms with Crippen LogP contribution in [0.3, 0.4) is 0 Å². The van der Waals surface area contributed by atoms with E-state index in [4.69, 9.17) is 0 Å². The van der Waals surface area contributed by atoms with E-state index in [0.29, 0.717) is 12.8 Å². The van der Waals surface area contributed by atoms with Gasteiger partial charge in [0.1, 0.15) is 0 Å². The quantitative estimate of drug-likeness (QED) is 0.753. The van der Waals surface area contributed by atoms with Crippen molar-refractivity contribution in [1.82, 2.24) is 10.2 Å². The van der Waals surface area contributed by atoms with Crippen LogP contribution < -0.4 is 5.32 Å². The van der Waals surface area contributed by atoms with E-state index in [-0.39, 0.29) is 24.4 Å². The molecule has 0 heterocycles. The highest BCUT2D eigenvalue weighted by molar-refractivity contribution is 5.85. The van der Waals surface area contributed by atoms with Gasteiger partial charge in [0, 0.05) is 20.0 Å². The minimum atomic E-state index is -0.898. The lowest BCUT2D eigenvalue weighted by Crippen LogP contribution is -2.49. The molecule has 6 heteroatoms. The van der Waals surface area contributed by atoms with Gasteiger partial charge in [-0.2, -0.15) is 0 Å². The maximum atomic E-state index is 11.7. The van der Waals surface area contributed by atoms with Crippen LogP contribution in [0.25, 0.3) is 0 Å². The second-order valence-corrected chi connectivity index (χ2v) is 5.11. The molecule has 18 heavy (non-hydrogen) atoms. The molecule has 2 N–H and O–H groups in total. The Hall–Kier alpha value is -1.59. The van der Waals surface area contributed by atoms with Gasteiger partial charge in [-0.3, -0.25) is 14.4 Å². The number of carbonyl (C=O) groups is 3. The van der Waals surface area contributed by atoms with E-state index in [1.54, 1.807) is 6.92 Å². The van der Waals surface area contributed by atoms with Crippen molar-refractivity contribution in [3.8, 4) is 0 Å². The number of nitrogens with zero attached hydrogens (tertiary/aromatic N) is 1. The van der Waals surface area contributed by atoms with Crippen molar-refractivity contribution >= 4 is 17.8 Å². The Labute approximate surface area is 106 Å². The number of hydrogen-bond donors (Lipinski definition) is 2. The smallest absolute Gasteiger partial charge is 0.311 e. The highest BCUT2D eigenvalue weighted by Crippen LogP contribution is 2.38. The van der Waals surface area contributed by atoms with Gasteiger partial charge in [-0.05, 0) is 19.8 Å². The van der Waals surface area contributed by atoms with Gasteiger partial charge >= 0.3 is 5.97 Å². The Bertz CT molecular complexity index is 369. The molecule has 0 bridgehead atoms. The van der Waals surface area contributed by atoms with Gasteiger partial charge < -0.3 is 15.3 Å². The van der Waals surface area contributed by atoms with Crippen LogP contribution >= 0.6 is 0 Å². The Morgan fingerprint density at radius 2 is 2.06 bits per heavy atom. The monoisotopic (exact) mass is 256 g/mol. The number of likely N-dealkylation sites (N-methyl/N-ethyl adjacent to an activating group) is 1. The molecule has 1 rings (SSSR count). The predicted octanol–water partition coefficient (Wildman–Crippen LogP) is 0.224. The van der Waals surface area contributed by atoms with Crippen molar-refractivity contribution < 1.29 is 19.5 Å². The number of carboxylic acid groups (broad SMARTS) is 1. The molecule has 0 aromatic heterocycles. The summed E-state index contributed by atoms with van der Waals surface area (Å²) >= 11 is 0. The van der Waals surface area contributed by atoms with Gasteiger partial charge in [-0.1, -0.05) is 6.42 Å². The molecule has 1 fully saturated rings. The van der Waals surface area contributed by atoms with Crippen LogP contribution in [0.4, 0.5) is 0 Å². The fourth-order valence-corrected chi connectivity index (χ4v) is 2.22. The lowest BCUT2D eigenvalue weighted by molar-refractivity contribution is -0.149. The number of rotatable bonds is 4. The molecule has 1 saturated carbocycles. The van der Waals surface area contributed by atoms with E-state index in [0.717, 1.165) is 6.42 Å². The Morgan fingerprint density at radius 1 is 1.44 bits per heavy atom. The molecule has 1 aliphatic rings. The minimum Gasteiger partial charge on any atom is -0.481 e. The van der Waals surface area contributed by atoms with Crippen LogP contribution in [0.15, 0.2) is 0 Å². The molecular weight excluding hydrogens is 236 g/mol.